The lowest BCUT2D eigenvalue weighted by Gasteiger charge is -2.25. The Bertz CT molecular complexity index is 471. The predicted molar refractivity (Wildman–Crippen MR) is 75.2 cm³/mol. The summed E-state index contributed by atoms with van der Waals surface area (Å²) < 4.78 is 5.19. The number of nitrogens with one attached hydrogen (secondary N) is 1. The van der Waals surface area contributed by atoms with Gasteiger partial charge in [-0.25, -0.2) is 4.79 Å². The van der Waals surface area contributed by atoms with E-state index >= 15 is 0 Å². The second-order valence-electron chi connectivity index (χ2n) is 6.08. The molecule has 1 aromatic rings. The molecule has 5 nitrogen and oxygen atoms in total. The van der Waals surface area contributed by atoms with E-state index in [0.29, 0.717) is 11.3 Å². The van der Waals surface area contributed by atoms with Gasteiger partial charge in [-0.2, -0.15) is 0 Å². The molecule has 1 aromatic carbocycles. The van der Waals surface area contributed by atoms with Crippen molar-refractivity contribution >= 4 is 11.8 Å². The number of anilines is 1. The van der Waals surface area contributed by atoms with E-state index < -0.39 is 17.2 Å². The average molecular weight is 266 g/mol. The number of carbonyl (C=O) groups is 1. The van der Waals surface area contributed by atoms with Crippen molar-refractivity contribution in [3.63, 3.8) is 0 Å². The lowest BCUT2D eigenvalue weighted by molar-refractivity contribution is 0.0635. The molecule has 0 atom stereocenters. The van der Waals surface area contributed by atoms with E-state index in [-0.39, 0.29) is 5.75 Å². The van der Waals surface area contributed by atoms with Crippen LogP contribution in [0.2, 0.25) is 0 Å². The minimum atomic E-state index is -0.691. The van der Waals surface area contributed by atoms with E-state index in [4.69, 9.17) is 10.5 Å². The van der Waals surface area contributed by atoms with Gasteiger partial charge in [0.2, 0.25) is 0 Å². The SMILES string of the molecule is CC(C)(C)OC(=O)Nc1ccc(O)cc1C(C)(C)N. The molecule has 0 fully saturated rings. The van der Waals surface area contributed by atoms with E-state index in [1.54, 1.807) is 40.7 Å². The van der Waals surface area contributed by atoms with Crippen LogP contribution in [-0.2, 0) is 10.3 Å². The predicted octanol–water partition coefficient (Wildman–Crippen LogP) is 2.93. The zero-order valence-electron chi connectivity index (χ0n) is 12.1. The maximum Gasteiger partial charge on any atom is 0.412 e. The van der Waals surface area contributed by atoms with Crippen molar-refractivity contribution in [2.45, 2.75) is 45.8 Å². The molecule has 19 heavy (non-hydrogen) atoms. The molecule has 0 saturated carbocycles. The number of amides is 1. The highest BCUT2D eigenvalue weighted by Crippen LogP contribution is 2.29. The minimum absolute atomic E-state index is 0.100. The van der Waals surface area contributed by atoms with Gasteiger partial charge in [0.15, 0.2) is 0 Å². The van der Waals surface area contributed by atoms with Crippen LogP contribution in [0.1, 0.15) is 40.2 Å². The Morgan fingerprint density at radius 3 is 2.32 bits per heavy atom. The van der Waals surface area contributed by atoms with Crippen molar-refractivity contribution in [2.75, 3.05) is 5.32 Å². The zero-order chi connectivity index (χ0) is 14.8. The number of phenols is 1. The second kappa shape index (κ2) is 5.09. The molecule has 0 unspecified atom stereocenters. The summed E-state index contributed by atoms with van der Waals surface area (Å²) in [5.74, 6) is 0.100. The summed E-state index contributed by atoms with van der Waals surface area (Å²) in [5.41, 5.74) is 5.93. The maximum atomic E-state index is 11.8. The van der Waals surface area contributed by atoms with Crippen molar-refractivity contribution < 1.29 is 14.6 Å². The number of aromatic hydroxyl groups is 1. The fraction of sp³-hybridized carbons (Fsp3) is 0.500. The molecule has 5 heteroatoms. The molecule has 0 aliphatic carbocycles. The van der Waals surface area contributed by atoms with Gasteiger partial charge in [0, 0.05) is 11.2 Å². The molecule has 0 aromatic heterocycles. The molecular formula is C14H22N2O3. The molecule has 106 valence electrons. The van der Waals surface area contributed by atoms with Crippen molar-refractivity contribution in [3.05, 3.63) is 23.8 Å². The van der Waals surface area contributed by atoms with Crippen molar-refractivity contribution in [2.24, 2.45) is 5.73 Å². The molecule has 0 radical (unpaired) electrons. The summed E-state index contributed by atoms with van der Waals surface area (Å²) in [7, 11) is 0. The fourth-order valence-electron chi connectivity index (χ4n) is 1.59. The number of ether oxygens (including phenoxy) is 1. The van der Waals surface area contributed by atoms with Crippen LogP contribution in [0.4, 0.5) is 10.5 Å². The van der Waals surface area contributed by atoms with Crippen LogP contribution in [0.15, 0.2) is 18.2 Å². The summed E-state index contributed by atoms with van der Waals surface area (Å²) in [6.07, 6.45) is -0.552. The van der Waals surface area contributed by atoms with Crippen molar-refractivity contribution in [1.82, 2.24) is 0 Å². The number of hydrogen-bond donors (Lipinski definition) is 3. The highest BCUT2D eigenvalue weighted by molar-refractivity contribution is 5.86. The van der Waals surface area contributed by atoms with Crippen LogP contribution in [0, 0.1) is 0 Å². The number of rotatable bonds is 2. The van der Waals surface area contributed by atoms with Crippen molar-refractivity contribution in [3.8, 4) is 5.75 Å². The van der Waals surface area contributed by atoms with Crippen LogP contribution in [0.25, 0.3) is 0 Å². The number of hydrogen-bond acceptors (Lipinski definition) is 4. The molecule has 0 spiro atoms. The normalized spacial score (nSPS) is 12.1. The van der Waals surface area contributed by atoms with Gasteiger partial charge >= 0.3 is 6.09 Å². The second-order valence-corrected chi connectivity index (χ2v) is 6.08. The molecule has 0 aliphatic rings. The lowest BCUT2D eigenvalue weighted by Crippen LogP contribution is -2.32. The third kappa shape index (κ3) is 4.79. The van der Waals surface area contributed by atoms with Gasteiger partial charge in [-0.1, -0.05) is 0 Å². The molecule has 0 aliphatic heterocycles. The Balaban J connectivity index is 2.99. The van der Waals surface area contributed by atoms with Gasteiger partial charge < -0.3 is 15.6 Å². The van der Waals surface area contributed by atoms with E-state index in [9.17, 15) is 9.90 Å². The van der Waals surface area contributed by atoms with Gasteiger partial charge in [0.1, 0.15) is 11.4 Å². The fourth-order valence-corrected chi connectivity index (χ4v) is 1.59. The quantitative estimate of drug-likeness (QED) is 0.718. The third-order valence-corrected chi connectivity index (χ3v) is 2.33. The number of phenolic OH excluding ortho intramolecular Hbond substituents is 1. The molecule has 0 saturated heterocycles. The molecule has 1 rings (SSSR count). The summed E-state index contributed by atoms with van der Waals surface area (Å²) in [4.78, 5) is 11.8. The molecule has 1 amide bonds. The highest BCUT2D eigenvalue weighted by Gasteiger charge is 2.22. The summed E-state index contributed by atoms with van der Waals surface area (Å²) in [5, 5.41) is 12.2. The van der Waals surface area contributed by atoms with Crippen LogP contribution < -0.4 is 11.1 Å². The van der Waals surface area contributed by atoms with Gasteiger partial charge in [-0.15, -0.1) is 0 Å². The van der Waals surface area contributed by atoms with Crippen molar-refractivity contribution in [1.29, 1.82) is 0 Å². The Kier molecular flexibility index (Phi) is 4.10. The van der Waals surface area contributed by atoms with Crippen LogP contribution in [0.3, 0.4) is 0 Å². The summed E-state index contributed by atoms with van der Waals surface area (Å²) in [6, 6.07) is 4.62. The Morgan fingerprint density at radius 1 is 1.26 bits per heavy atom. The topological polar surface area (TPSA) is 84.6 Å². The standard InChI is InChI=1S/C14H22N2O3/c1-13(2,3)19-12(18)16-11-7-6-9(17)8-10(11)14(4,5)15/h6-8,17H,15H2,1-5H3,(H,16,18). The number of nitrogens with two attached hydrogens (primary N) is 1. The van der Waals surface area contributed by atoms with Crippen LogP contribution >= 0.6 is 0 Å². The molecule has 0 heterocycles. The minimum Gasteiger partial charge on any atom is -0.508 e. The molecular weight excluding hydrogens is 244 g/mol. The van der Waals surface area contributed by atoms with Crippen LogP contribution in [0.5, 0.6) is 5.75 Å². The Labute approximate surface area is 113 Å². The Hall–Kier alpha value is -1.75. The first-order valence-corrected chi connectivity index (χ1v) is 6.11. The number of carbonyl (C=O) groups excluding carboxylic acids is 1. The van der Waals surface area contributed by atoms with Gasteiger partial charge in [0.25, 0.3) is 0 Å². The monoisotopic (exact) mass is 266 g/mol. The summed E-state index contributed by atoms with van der Waals surface area (Å²) in [6.45, 7) is 8.95. The molecule has 4 N–H and O–H groups in total. The Morgan fingerprint density at radius 2 is 1.84 bits per heavy atom. The summed E-state index contributed by atoms with van der Waals surface area (Å²) >= 11 is 0. The van der Waals surface area contributed by atoms with Crippen LogP contribution in [-0.4, -0.2) is 16.8 Å². The first-order valence-electron chi connectivity index (χ1n) is 6.11. The largest absolute Gasteiger partial charge is 0.508 e. The van der Waals surface area contributed by atoms with E-state index in [1.807, 2.05) is 0 Å². The third-order valence-electron chi connectivity index (χ3n) is 2.33. The first kappa shape index (κ1) is 15.3. The van der Waals surface area contributed by atoms with E-state index in [0.717, 1.165) is 0 Å². The smallest absolute Gasteiger partial charge is 0.412 e. The van der Waals surface area contributed by atoms with Gasteiger partial charge in [0.05, 0.1) is 0 Å². The number of benzene rings is 1. The van der Waals surface area contributed by atoms with Gasteiger partial charge in [-0.05, 0) is 58.4 Å². The van der Waals surface area contributed by atoms with E-state index in [1.165, 1.54) is 12.1 Å². The molecule has 0 bridgehead atoms. The van der Waals surface area contributed by atoms with Gasteiger partial charge in [-0.3, -0.25) is 5.32 Å². The average Bonchev–Trinajstić information content (AvgIpc) is 2.16. The first-order chi connectivity index (χ1) is 8.49. The maximum absolute atomic E-state index is 11.8. The zero-order valence-corrected chi connectivity index (χ0v) is 12.1. The van der Waals surface area contributed by atoms with E-state index in [2.05, 4.69) is 5.32 Å². The highest BCUT2D eigenvalue weighted by atomic mass is 16.6. The lowest BCUT2D eigenvalue weighted by atomic mass is 9.93.